The topological polar surface area (TPSA) is 38.9 Å². The van der Waals surface area contributed by atoms with E-state index in [1.54, 1.807) is 0 Å². The fourth-order valence-electron chi connectivity index (χ4n) is 2.24. The first-order chi connectivity index (χ1) is 8.02. The molecule has 0 unspecified atom stereocenters. The van der Waals surface area contributed by atoms with Crippen LogP contribution in [0.25, 0.3) is 10.9 Å². The van der Waals surface area contributed by atoms with E-state index < -0.39 is 0 Å². The van der Waals surface area contributed by atoms with Gasteiger partial charge in [-0.15, -0.1) is 0 Å². The van der Waals surface area contributed by atoms with Crippen LogP contribution in [-0.4, -0.2) is 4.98 Å². The summed E-state index contributed by atoms with van der Waals surface area (Å²) in [6, 6.07) is 6.51. The van der Waals surface area contributed by atoms with Crippen molar-refractivity contribution in [2.45, 2.75) is 40.2 Å². The van der Waals surface area contributed by atoms with Crippen LogP contribution in [0.2, 0.25) is 0 Å². The lowest BCUT2D eigenvalue weighted by Gasteiger charge is -2.13. The highest BCUT2D eigenvalue weighted by Crippen LogP contribution is 2.25. The number of rotatable bonds is 2. The molecule has 0 fully saturated rings. The lowest BCUT2D eigenvalue weighted by Crippen LogP contribution is -2.03. The second kappa shape index (κ2) is 4.46. The highest BCUT2D eigenvalue weighted by atomic mass is 14.7. The zero-order chi connectivity index (χ0) is 12.6. The molecule has 0 spiro atoms. The normalized spacial score (nSPS) is 11.4. The molecule has 1 aromatic carbocycles. The van der Waals surface area contributed by atoms with Gasteiger partial charge in [-0.3, -0.25) is 4.98 Å². The molecular weight excluding hydrogens is 208 g/mol. The molecule has 0 radical (unpaired) electrons. The van der Waals surface area contributed by atoms with Gasteiger partial charge in [-0.25, -0.2) is 0 Å². The van der Waals surface area contributed by atoms with Crippen molar-refractivity contribution in [2.75, 3.05) is 0 Å². The van der Waals surface area contributed by atoms with Crippen molar-refractivity contribution in [3.63, 3.8) is 0 Å². The third-order valence-electron chi connectivity index (χ3n) is 3.17. The SMILES string of the molecule is Cc1cc(C)c2nc(C(C)C)cc(CN)c2c1. The average Bonchev–Trinajstić information content (AvgIpc) is 2.27. The predicted molar refractivity (Wildman–Crippen MR) is 73.2 cm³/mol. The molecule has 0 aliphatic carbocycles. The van der Waals surface area contributed by atoms with Gasteiger partial charge in [0.1, 0.15) is 0 Å². The number of nitrogens with zero attached hydrogens (tertiary/aromatic N) is 1. The highest BCUT2D eigenvalue weighted by Gasteiger charge is 2.09. The molecule has 0 amide bonds. The number of benzene rings is 1. The van der Waals surface area contributed by atoms with Crippen LogP contribution in [0, 0.1) is 13.8 Å². The zero-order valence-electron chi connectivity index (χ0n) is 11.0. The fraction of sp³-hybridized carbons (Fsp3) is 0.400. The Balaban J connectivity index is 2.82. The molecule has 0 aliphatic rings. The second-order valence-electron chi connectivity index (χ2n) is 5.04. The molecule has 1 aromatic heterocycles. The van der Waals surface area contributed by atoms with Gasteiger partial charge in [0.2, 0.25) is 0 Å². The Kier molecular flexibility index (Phi) is 3.16. The average molecular weight is 228 g/mol. The number of pyridine rings is 1. The first-order valence-electron chi connectivity index (χ1n) is 6.13. The van der Waals surface area contributed by atoms with Gasteiger partial charge < -0.3 is 5.73 Å². The molecule has 2 heteroatoms. The summed E-state index contributed by atoms with van der Waals surface area (Å²) in [4.78, 5) is 4.77. The van der Waals surface area contributed by atoms with Crippen molar-refractivity contribution >= 4 is 10.9 Å². The lowest BCUT2D eigenvalue weighted by atomic mass is 9.99. The minimum Gasteiger partial charge on any atom is -0.326 e. The molecule has 0 saturated heterocycles. The Bertz CT molecular complexity index is 556. The van der Waals surface area contributed by atoms with E-state index in [1.165, 1.54) is 22.1 Å². The molecule has 1 heterocycles. The molecule has 0 atom stereocenters. The molecule has 2 N–H and O–H groups in total. The minimum absolute atomic E-state index is 0.436. The molecule has 0 saturated carbocycles. The molecule has 90 valence electrons. The summed E-state index contributed by atoms with van der Waals surface area (Å²) in [6.45, 7) is 9.13. The Morgan fingerprint density at radius 2 is 1.88 bits per heavy atom. The quantitative estimate of drug-likeness (QED) is 0.855. The van der Waals surface area contributed by atoms with E-state index in [2.05, 4.69) is 45.9 Å². The van der Waals surface area contributed by atoms with Gasteiger partial charge in [-0.2, -0.15) is 0 Å². The fourth-order valence-corrected chi connectivity index (χ4v) is 2.24. The van der Waals surface area contributed by atoms with E-state index in [9.17, 15) is 0 Å². The van der Waals surface area contributed by atoms with Crippen molar-refractivity contribution in [2.24, 2.45) is 5.73 Å². The number of hydrogen-bond donors (Lipinski definition) is 1. The summed E-state index contributed by atoms with van der Waals surface area (Å²) in [5, 5.41) is 1.20. The monoisotopic (exact) mass is 228 g/mol. The number of hydrogen-bond acceptors (Lipinski definition) is 2. The van der Waals surface area contributed by atoms with E-state index in [4.69, 9.17) is 10.7 Å². The van der Waals surface area contributed by atoms with Gasteiger partial charge >= 0.3 is 0 Å². The molecule has 2 aromatic rings. The van der Waals surface area contributed by atoms with E-state index in [1.807, 2.05) is 0 Å². The third kappa shape index (κ3) is 2.18. The van der Waals surface area contributed by atoms with E-state index in [0.29, 0.717) is 12.5 Å². The molecule has 0 aliphatic heterocycles. The second-order valence-corrected chi connectivity index (χ2v) is 5.04. The van der Waals surface area contributed by atoms with Crippen LogP contribution in [0.3, 0.4) is 0 Å². The standard InChI is InChI=1S/C15H20N2/c1-9(2)14-7-12(8-16)13-6-10(3)5-11(4)15(13)17-14/h5-7,9H,8,16H2,1-4H3. The smallest absolute Gasteiger partial charge is 0.0737 e. The van der Waals surface area contributed by atoms with E-state index in [-0.39, 0.29) is 0 Å². The Labute approximate surface area is 103 Å². The predicted octanol–water partition coefficient (Wildman–Crippen LogP) is 3.43. The van der Waals surface area contributed by atoms with Crippen LogP contribution in [0.1, 0.15) is 42.1 Å². The first-order valence-corrected chi connectivity index (χ1v) is 6.13. The summed E-state index contributed by atoms with van der Waals surface area (Å²) >= 11 is 0. The van der Waals surface area contributed by atoms with Crippen molar-refractivity contribution in [3.05, 3.63) is 40.6 Å². The Morgan fingerprint density at radius 3 is 2.47 bits per heavy atom. The third-order valence-corrected chi connectivity index (χ3v) is 3.17. The van der Waals surface area contributed by atoms with Gasteiger partial charge in [0.05, 0.1) is 5.52 Å². The summed E-state index contributed by atoms with van der Waals surface area (Å²) in [7, 11) is 0. The molecular formula is C15H20N2. The van der Waals surface area contributed by atoms with Gasteiger partial charge in [0.25, 0.3) is 0 Å². The highest BCUT2D eigenvalue weighted by molar-refractivity contribution is 5.86. The maximum atomic E-state index is 5.86. The van der Waals surface area contributed by atoms with Gasteiger partial charge in [-0.1, -0.05) is 25.5 Å². The minimum atomic E-state index is 0.436. The molecule has 17 heavy (non-hydrogen) atoms. The Hall–Kier alpha value is -1.41. The molecule has 0 bridgehead atoms. The molecule has 2 nitrogen and oxygen atoms in total. The number of aryl methyl sites for hydroxylation is 2. The number of aromatic nitrogens is 1. The van der Waals surface area contributed by atoms with Crippen molar-refractivity contribution < 1.29 is 0 Å². The number of nitrogens with two attached hydrogens (primary N) is 1. The van der Waals surface area contributed by atoms with Crippen LogP contribution in [0.15, 0.2) is 18.2 Å². The van der Waals surface area contributed by atoms with Gasteiger partial charge in [0, 0.05) is 17.6 Å². The molecule has 2 rings (SSSR count). The van der Waals surface area contributed by atoms with Gasteiger partial charge in [0.15, 0.2) is 0 Å². The summed E-state index contributed by atoms with van der Waals surface area (Å²) in [5.74, 6) is 0.436. The maximum Gasteiger partial charge on any atom is 0.0737 e. The van der Waals surface area contributed by atoms with Crippen LogP contribution in [0.5, 0.6) is 0 Å². The lowest BCUT2D eigenvalue weighted by molar-refractivity contribution is 0.825. The largest absolute Gasteiger partial charge is 0.326 e. The van der Waals surface area contributed by atoms with E-state index >= 15 is 0 Å². The van der Waals surface area contributed by atoms with Crippen molar-refractivity contribution in [1.82, 2.24) is 4.98 Å². The first kappa shape index (κ1) is 12.1. The van der Waals surface area contributed by atoms with Crippen molar-refractivity contribution in [3.8, 4) is 0 Å². The van der Waals surface area contributed by atoms with Crippen LogP contribution >= 0.6 is 0 Å². The van der Waals surface area contributed by atoms with Crippen LogP contribution < -0.4 is 5.73 Å². The summed E-state index contributed by atoms with van der Waals surface area (Å²) < 4.78 is 0. The van der Waals surface area contributed by atoms with E-state index in [0.717, 1.165) is 11.2 Å². The van der Waals surface area contributed by atoms with Gasteiger partial charge in [-0.05, 0) is 43.0 Å². The summed E-state index contributed by atoms with van der Waals surface area (Å²) in [5.41, 5.74) is 11.8. The van der Waals surface area contributed by atoms with Crippen molar-refractivity contribution in [1.29, 1.82) is 0 Å². The zero-order valence-corrected chi connectivity index (χ0v) is 11.0. The number of fused-ring (bicyclic) bond motifs is 1. The van der Waals surface area contributed by atoms with Crippen LogP contribution in [0.4, 0.5) is 0 Å². The van der Waals surface area contributed by atoms with Crippen LogP contribution in [-0.2, 0) is 6.54 Å². The summed E-state index contributed by atoms with van der Waals surface area (Å²) in [6.07, 6.45) is 0. The Morgan fingerprint density at radius 1 is 1.18 bits per heavy atom. The maximum absolute atomic E-state index is 5.86.